The summed E-state index contributed by atoms with van der Waals surface area (Å²) in [6, 6.07) is 12.7. The van der Waals surface area contributed by atoms with Crippen molar-refractivity contribution < 1.29 is 9.84 Å². The average molecular weight is 306 g/mol. The van der Waals surface area contributed by atoms with Gasteiger partial charge in [-0.2, -0.15) is 0 Å². The van der Waals surface area contributed by atoms with Crippen molar-refractivity contribution in [2.24, 2.45) is 5.73 Å². The third-order valence-corrected chi connectivity index (χ3v) is 3.73. The molecule has 2 aromatic rings. The summed E-state index contributed by atoms with van der Waals surface area (Å²) >= 11 is 6.26. The van der Waals surface area contributed by atoms with Crippen molar-refractivity contribution in [2.75, 3.05) is 0 Å². The van der Waals surface area contributed by atoms with Gasteiger partial charge in [-0.3, -0.25) is 0 Å². The topological polar surface area (TPSA) is 55.5 Å². The van der Waals surface area contributed by atoms with Crippen LogP contribution in [0.5, 0.6) is 11.5 Å². The molecular formula is C17H20ClNO2. The predicted octanol–water partition coefficient (Wildman–Crippen LogP) is 3.90. The van der Waals surface area contributed by atoms with Gasteiger partial charge in [0.15, 0.2) is 0 Å². The van der Waals surface area contributed by atoms with E-state index in [9.17, 15) is 5.11 Å². The summed E-state index contributed by atoms with van der Waals surface area (Å²) in [5.74, 6) is 0.977. The minimum atomic E-state index is 0.0630. The van der Waals surface area contributed by atoms with Crippen LogP contribution in [0.2, 0.25) is 5.02 Å². The Hall–Kier alpha value is -1.71. The van der Waals surface area contributed by atoms with Gasteiger partial charge >= 0.3 is 0 Å². The molecule has 3 nitrogen and oxygen atoms in total. The molecule has 0 aliphatic heterocycles. The number of phenolic OH excluding ortho intramolecular Hbond substituents is 1. The molecule has 0 aromatic heterocycles. The fourth-order valence-corrected chi connectivity index (χ4v) is 2.33. The first-order chi connectivity index (χ1) is 10.1. The number of nitrogens with two attached hydrogens (primary N) is 1. The summed E-state index contributed by atoms with van der Waals surface area (Å²) in [7, 11) is 0. The van der Waals surface area contributed by atoms with Gasteiger partial charge in [-0.05, 0) is 42.7 Å². The molecule has 1 unspecified atom stereocenters. The number of benzene rings is 2. The van der Waals surface area contributed by atoms with Gasteiger partial charge in [0.25, 0.3) is 0 Å². The molecule has 1 atom stereocenters. The number of halogens is 1. The Morgan fingerprint density at radius 2 is 2.00 bits per heavy atom. The van der Waals surface area contributed by atoms with Gasteiger partial charge in [-0.25, -0.2) is 0 Å². The van der Waals surface area contributed by atoms with E-state index in [1.54, 1.807) is 18.2 Å². The van der Waals surface area contributed by atoms with E-state index < -0.39 is 0 Å². The van der Waals surface area contributed by atoms with Crippen molar-refractivity contribution in [2.45, 2.75) is 32.4 Å². The van der Waals surface area contributed by atoms with Gasteiger partial charge in [0.1, 0.15) is 18.1 Å². The maximum absolute atomic E-state index is 9.47. The van der Waals surface area contributed by atoms with E-state index >= 15 is 0 Å². The molecule has 0 spiro atoms. The van der Waals surface area contributed by atoms with E-state index in [4.69, 9.17) is 22.1 Å². The summed E-state index contributed by atoms with van der Waals surface area (Å²) in [4.78, 5) is 0. The first-order valence-corrected chi connectivity index (χ1v) is 7.41. The van der Waals surface area contributed by atoms with Gasteiger partial charge < -0.3 is 15.6 Å². The lowest BCUT2D eigenvalue weighted by Crippen LogP contribution is -2.22. The molecule has 0 saturated carbocycles. The number of rotatable bonds is 6. The van der Waals surface area contributed by atoms with Crippen LogP contribution in [0.1, 0.15) is 24.5 Å². The largest absolute Gasteiger partial charge is 0.508 e. The van der Waals surface area contributed by atoms with Gasteiger partial charge in [-0.15, -0.1) is 0 Å². The molecule has 0 heterocycles. The molecule has 0 bridgehead atoms. The Morgan fingerprint density at radius 1 is 1.24 bits per heavy atom. The number of phenols is 1. The van der Waals surface area contributed by atoms with Crippen molar-refractivity contribution >= 4 is 11.6 Å². The Balaban J connectivity index is 2.14. The maximum atomic E-state index is 9.47. The van der Waals surface area contributed by atoms with Gasteiger partial charge in [-0.1, -0.05) is 36.7 Å². The monoisotopic (exact) mass is 305 g/mol. The Bertz CT molecular complexity index is 601. The van der Waals surface area contributed by atoms with Crippen LogP contribution in [-0.2, 0) is 13.0 Å². The SMILES string of the molecule is CCC(N)Cc1c(Cl)cccc1OCc1cccc(O)c1. The first kappa shape index (κ1) is 15.7. The lowest BCUT2D eigenvalue weighted by molar-refractivity contribution is 0.301. The van der Waals surface area contributed by atoms with Crippen molar-refractivity contribution in [3.63, 3.8) is 0 Å². The van der Waals surface area contributed by atoms with Crippen LogP contribution in [0.4, 0.5) is 0 Å². The molecule has 0 radical (unpaired) electrons. The minimum Gasteiger partial charge on any atom is -0.508 e. The lowest BCUT2D eigenvalue weighted by Gasteiger charge is -2.16. The predicted molar refractivity (Wildman–Crippen MR) is 85.9 cm³/mol. The number of hydrogen-bond acceptors (Lipinski definition) is 3. The molecule has 4 heteroatoms. The Labute approximate surface area is 130 Å². The molecule has 0 fully saturated rings. The van der Waals surface area contributed by atoms with Gasteiger partial charge in [0.05, 0.1) is 0 Å². The molecule has 112 valence electrons. The number of aromatic hydroxyl groups is 1. The fraction of sp³-hybridized carbons (Fsp3) is 0.294. The molecule has 0 saturated heterocycles. The average Bonchev–Trinajstić information content (AvgIpc) is 2.47. The summed E-state index contributed by atoms with van der Waals surface area (Å²) in [6.45, 7) is 2.43. The van der Waals surface area contributed by atoms with Crippen molar-refractivity contribution in [1.82, 2.24) is 0 Å². The van der Waals surface area contributed by atoms with E-state index in [0.717, 1.165) is 23.3 Å². The second-order valence-corrected chi connectivity index (χ2v) is 5.45. The van der Waals surface area contributed by atoms with E-state index in [0.29, 0.717) is 18.1 Å². The summed E-state index contributed by atoms with van der Waals surface area (Å²) < 4.78 is 5.85. The Kier molecular flexibility index (Phi) is 5.48. The maximum Gasteiger partial charge on any atom is 0.124 e. The highest BCUT2D eigenvalue weighted by Crippen LogP contribution is 2.28. The summed E-state index contributed by atoms with van der Waals surface area (Å²) in [5.41, 5.74) is 7.86. The molecule has 0 aliphatic carbocycles. The third-order valence-electron chi connectivity index (χ3n) is 3.37. The highest BCUT2D eigenvalue weighted by atomic mass is 35.5. The fourth-order valence-electron chi connectivity index (χ4n) is 2.09. The second-order valence-electron chi connectivity index (χ2n) is 5.05. The van der Waals surface area contributed by atoms with Gasteiger partial charge in [0, 0.05) is 16.6 Å². The molecule has 21 heavy (non-hydrogen) atoms. The highest BCUT2D eigenvalue weighted by molar-refractivity contribution is 6.31. The number of ether oxygens (including phenoxy) is 1. The highest BCUT2D eigenvalue weighted by Gasteiger charge is 2.12. The van der Waals surface area contributed by atoms with Crippen LogP contribution >= 0.6 is 11.6 Å². The third kappa shape index (κ3) is 4.38. The minimum absolute atomic E-state index is 0.0630. The van der Waals surface area contributed by atoms with E-state index in [1.165, 1.54) is 0 Å². The first-order valence-electron chi connectivity index (χ1n) is 7.03. The normalized spacial score (nSPS) is 12.1. The molecule has 2 rings (SSSR count). The van der Waals surface area contributed by atoms with E-state index in [1.807, 2.05) is 24.3 Å². The van der Waals surface area contributed by atoms with Crippen molar-refractivity contribution in [1.29, 1.82) is 0 Å². The summed E-state index contributed by atoms with van der Waals surface area (Å²) in [6.07, 6.45) is 1.57. The second kappa shape index (κ2) is 7.34. The van der Waals surface area contributed by atoms with Gasteiger partial charge in [0.2, 0.25) is 0 Å². The zero-order valence-electron chi connectivity index (χ0n) is 12.1. The smallest absolute Gasteiger partial charge is 0.124 e. The quantitative estimate of drug-likeness (QED) is 0.851. The standard InChI is InChI=1S/C17H20ClNO2/c1-2-13(19)10-15-16(18)7-4-8-17(15)21-11-12-5-3-6-14(20)9-12/h3-9,13,20H,2,10-11,19H2,1H3. The van der Waals surface area contributed by atoms with Crippen LogP contribution in [0.25, 0.3) is 0 Å². The van der Waals surface area contributed by atoms with Crippen LogP contribution in [0, 0.1) is 0 Å². The number of hydrogen-bond donors (Lipinski definition) is 2. The summed E-state index contributed by atoms with van der Waals surface area (Å²) in [5, 5.41) is 10.1. The lowest BCUT2D eigenvalue weighted by atomic mass is 10.0. The molecular weight excluding hydrogens is 286 g/mol. The zero-order valence-corrected chi connectivity index (χ0v) is 12.8. The van der Waals surface area contributed by atoms with Crippen LogP contribution in [-0.4, -0.2) is 11.1 Å². The molecule has 0 aliphatic rings. The van der Waals surface area contributed by atoms with Crippen molar-refractivity contribution in [3.05, 3.63) is 58.6 Å². The van der Waals surface area contributed by atoms with Crippen LogP contribution in [0.15, 0.2) is 42.5 Å². The van der Waals surface area contributed by atoms with Crippen molar-refractivity contribution in [3.8, 4) is 11.5 Å². The van der Waals surface area contributed by atoms with Crippen LogP contribution in [0.3, 0.4) is 0 Å². The molecule has 3 N–H and O–H groups in total. The van der Waals surface area contributed by atoms with Crippen LogP contribution < -0.4 is 10.5 Å². The Morgan fingerprint density at radius 3 is 2.71 bits per heavy atom. The molecule has 2 aromatic carbocycles. The molecule has 0 amide bonds. The van der Waals surface area contributed by atoms with E-state index in [2.05, 4.69) is 6.92 Å². The zero-order chi connectivity index (χ0) is 15.2. The van der Waals surface area contributed by atoms with E-state index in [-0.39, 0.29) is 11.8 Å².